The van der Waals surface area contributed by atoms with E-state index in [1.807, 2.05) is 67.6 Å². The van der Waals surface area contributed by atoms with Crippen LogP contribution in [0.2, 0.25) is 0 Å². The van der Waals surface area contributed by atoms with Crippen LogP contribution in [0.25, 0.3) is 21.9 Å². The highest BCUT2D eigenvalue weighted by molar-refractivity contribution is 6.05. The molecule has 0 unspecified atom stereocenters. The number of hydrogen-bond donors (Lipinski definition) is 1. The van der Waals surface area contributed by atoms with Crippen molar-refractivity contribution in [1.29, 1.82) is 0 Å². The molecule has 0 aliphatic heterocycles. The molecule has 3 aromatic carbocycles. The molecular weight excluding hydrogens is 350 g/mol. The summed E-state index contributed by atoms with van der Waals surface area (Å²) in [5.74, 6) is 0.545. The van der Waals surface area contributed by atoms with Crippen molar-refractivity contribution in [3.05, 3.63) is 78.4 Å². The number of benzene rings is 3. The van der Waals surface area contributed by atoms with Gasteiger partial charge in [-0.2, -0.15) is 0 Å². The highest BCUT2D eigenvalue weighted by Crippen LogP contribution is 2.31. The predicted octanol–water partition coefficient (Wildman–Crippen LogP) is 5.10. The molecule has 4 rings (SSSR count). The van der Waals surface area contributed by atoms with Crippen molar-refractivity contribution >= 4 is 27.8 Å². The minimum absolute atomic E-state index is 0.00301. The fourth-order valence-electron chi connectivity index (χ4n) is 3.36. The first-order valence-electron chi connectivity index (χ1n) is 9.56. The number of furan rings is 1. The lowest BCUT2D eigenvalue weighted by Crippen LogP contribution is -2.36. The Morgan fingerprint density at radius 1 is 0.964 bits per heavy atom. The molecule has 142 valence electrons. The molecule has 4 nitrogen and oxygen atoms in total. The number of carbonyl (C=O) groups excluding carboxylic acids is 1. The summed E-state index contributed by atoms with van der Waals surface area (Å²) >= 11 is 0. The van der Waals surface area contributed by atoms with Gasteiger partial charge in [0.2, 0.25) is 0 Å². The molecule has 0 bridgehead atoms. The number of amides is 1. The molecule has 4 heteroatoms. The third-order valence-electron chi connectivity index (χ3n) is 4.83. The molecule has 1 amide bonds. The van der Waals surface area contributed by atoms with E-state index in [0.29, 0.717) is 5.75 Å². The van der Waals surface area contributed by atoms with Crippen molar-refractivity contribution in [3.8, 4) is 5.75 Å². The summed E-state index contributed by atoms with van der Waals surface area (Å²) in [7, 11) is 0. The van der Waals surface area contributed by atoms with Gasteiger partial charge in [0.25, 0.3) is 5.91 Å². The Morgan fingerprint density at radius 3 is 2.57 bits per heavy atom. The van der Waals surface area contributed by atoms with Gasteiger partial charge in [-0.05, 0) is 49.6 Å². The maximum Gasteiger partial charge on any atom is 0.258 e. The standard InChI is InChI=1S/C24H23NO3/c1-17(11-12-18-7-3-2-4-8-18)25-24(26)16-27-19-13-14-23-21(15-19)20-9-5-6-10-22(20)28-23/h2-10,13-15,17H,11-12,16H2,1H3,(H,25,26)/t17-/m0/s1. The second-order valence-corrected chi connectivity index (χ2v) is 7.04. The SMILES string of the molecule is C[C@@H](CCc1ccccc1)NC(=O)COc1ccc2oc3ccccc3c2c1. The van der Waals surface area contributed by atoms with Gasteiger partial charge in [-0.1, -0.05) is 48.5 Å². The summed E-state index contributed by atoms with van der Waals surface area (Å²) in [5, 5.41) is 5.03. The van der Waals surface area contributed by atoms with Gasteiger partial charge in [0.05, 0.1) is 0 Å². The summed E-state index contributed by atoms with van der Waals surface area (Å²) in [6.07, 6.45) is 1.83. The molecule has 1 N–H and O–H groups in total. The van der Waals surface area contributed by atoms with Crippen LogP contribution < -0.4 is 10.1 Å². The van der Waals surface area contributed by atoms with Crippen LogP contribution in [0.15, 0.2) is 77.2 Å². The van der Waals surface area contributed by atoms with E-state index < -0.39 is 0 Å². The number of carbonyl (C=O) groups is 1. The maximum absolute atomic E-state index is 12.2. The smallest absolute Gasteiger partial charge is 0.258 e. The Kier molecular flexibility index (Phi) is 5.29. The van der Waals surface area contributed by atoms with Crippen molar-refractivity contribution in [1.82, 2.24) is 5.32 Å². The van der Waals surface area contributed by atoms with Gasteiger partial charge in [0.1, 0.15) is 16.9 Å². The molecular formula is C24H23NO3. The Labute approximate surface area is 164 Å². The predicted molar refractivity (Wildman–Crippen MR) is 112 cm³/mol. The van der Waals surface area contributed by atoms with Crippen LogP contribution >= 0.6 is 0 Å². The zero-order chi connectivity index (χ0) is 19.3. The lowest BCUT2D eigenvalue weighted by molar-refractivity contribution is -0.123. The summed E-state index contributed by atoms with van der Waals surface area (Å²) in [4.78, 5) is 12.2. The van der Waals surface area contributed by atoms with E-state index in [9.17, 15) is 4.79 Å². The first-order chi connectivity index (χ1) is 13.7. The first kappa shape index (κ1) is 18.1. The number of para-hydroxylation sites is 1. The molecule has 0 saturated carbocycles. The third kappa shape index (κ3) is 4.17. The van der Waals surface area contributed by atoms with Crippen molar-refractivity contribution in [2.75, 3.05) is 6.61 Å². The van der Waals surface area contributed by atoms with Crippen LogP contribution in [0.3, 0.4) is 0 Å². The van der Waals surface area contributed by atoms with E-state index in [1.165, 1.54) is 5.56 Å². The van der Waals surface area contributed by atoms with E-state index in [1.54, 1.807) is 0 Å². The summed E-state index contributed by atoms with van der Waals surface area (Å²) in [6.45, 7) is 2.02. The highest BCUT2D eigenvalue weighted by Gasteiger charge is 2.10. The summed E-state index contributed by atoms with van der Waals surface area (Å²) in [6, 6.07) is 23.9. The number of rotatable bonds is 7. The van der Waals surface area contributed by atoms with Gasteiger partial charge in [0, 0.05) is 16.8 Å². The van der Waals surface area contributed by atoms with Gasteiger partial charge in [0.15, 0.2) is 6.61 Å². The van der Waals surface area contributed by atoms with Gasteiger partial charge in [-0.15, -0.1) is 0 Å². The molecule has 1 aromatic heterocycles. The van der Waals surface area contributed by atoms with Gasteiger partial charge in [-0.3, -0.25) is 4.79 Å². The van der Waals surface area contributed by atoms with Crippen LogP contribution in [0.5, 0.6) is 5.75 Å². The minimum atomic E-state index is -0.113. The number of ether oxygens (including phenoxy) is 1. The Hall–Kier alpha value is -3.27. The van der Waals surface area contributed by atoms with Gasteiger partial charge < -0.3 is 14.5 Å². The number of fused-ring (bicyclic) bond motifs is 3. The second kappa shape index (κ2) is 8.17. The molecule has 0 spiro atoms. The molecule has 28 heavy (non-hydrogen) atoms. The van der Waals surface area contributed by atoms with Crippen LogP contribution in [-0.2, 0) is 11.2 Å². The molecule has 1 atom stereocenters. The number of aryl methyl sites for hydroxylation is 1. The first-order valence-corrected chi connectivity index (χ1v) is 9.56. The van der Waals surface area contributed by atoms with E-state index in [4.69, 9.17) is 9.15 Å². The van der Waals surface area contributed by atoms with Crippen LogP contribution in [0.1, 0.15) is 18.9 Å². The minimum Gasteiger partial charge on any atom is -0.484 e. The molecule has 0 saturated heterocycles. The molecule has 0 fully saturated rings. The molecule has 0 aliphatic carbocycles. The van der Waals surface area contributed by atoms with Gasteiger partial charge in [-0.25, -0.2) is 0 Å². The topological polar surface area (TPSA) is 51.5 Å². The second-order valence-electron chi connectivity index (χ2n) is 7.04. The van der Waals surface area contributed by atoms with Crippen LogP contribution in [0, 0.1) is 0 Å². The van der Waals surface area contributed by atoms with Crippen molar-refractivity contribution in [3.63, 3.8) is 0 Å². The van der Waals surface area contributed by atoms with Crippen LogP contribution in [0.4, 0.5) is 0 Å². The summed E-state index contributed by atoms with van der Waals surface area (Å²) in [5.41, 5.74) is 2.94. The fraction of sp³-hybridized carbons (Fsp3) is 0.208. The average Bonchev–Trinajstić information content (AvgIpc) is 3.09. The third-order valence-corrected chi connectivity index (χ3v) is 4.83. The zero-order valence-electron chi connectivity index (χ0n) is 15.9. The maximum atomic E-state index is 12.2. The van der Waals surface area contributed by atoms with Crippen molar-refractivity contribution < 1.29 is 13.9 Å². The Bertz CT molecular complexity index is 1080. The van der Waals surface area contributed by atoms with Gasteiger partial charge >= 0.3 is 0 Å². The Balaban J connectivity index is 1.32. The normalized spacial score (nSPS) is 12.2. The number of hydrogen-bond acceptors (Lipinski definition) is 3. The van der Waals surface area contributed by atoms with E-state index in [-0.39, 0.29) is 18.6 Å². The fourth-order valence-corrected chi connectivity index (χ4v) is 3.36. The number of nitrogens with one attached hydrogen (secondary N) is 1. The van der Waals surface area contributed by atoms with E-state index >= 15 is 0 Å². The molecule has 0 radical (unpaired) electrons. The lowest BCUT2D eigenvalue weighted by Gasteiger charge is -2.14. The average molecular weight is 373 g/mol. The quantitative estimate of drug-likeness (QED) is 0.490. The summed E-state index contributed by atoms with van der Waals surface area (Å²) < 4.78 is 11.5. The Morgan fingerprint density at radius 2 is 1.71 bits per heavy atom. The van der Waals surface area contributed by atoms with Crippen molar-refractivity contribution in [2.45, 2.75) is 25.8 Å². The largest absolute Gasteiger partial charge is 0.484 e. The van der Waals surface area contributed by atoms with E-state index in [2.05, 4.69) is 17.4 Å². The highest BCUT2D eigenvalue weighted by atomic mass is 16.5. The molecule has 4 aromatic rings. The monoisotopic (exact) mass is 373 g/mol. The van der Waals surface area contributed by atoms with Crippen LogP contribution in [-0.4, -0.2) is 18.6 Å². The van der Waals surface area contributed by atoms with E-state index in [0.717, 1.165) is 34.8 Å². The molecule has 1 heterocycles. The molecule has 0 aliphatic rings. The van der Waals surface area contributed by atoms with Crippen molar-refractivity contribution in [2.24, 2.45) is 0 Å². The lowest BCUT2D eigenvalue weighted by atomic mass is 10.1. The zero-order valence-corrected chi connectivity index (χ0v) is 15.9.